The van der Waals surface area contributed by atoms with Crippen molar-refractivity contribution >= 4 is 17.4 Å². The zero-order valence-electron chi connectivity index (χ0n) is 16.4. The van der Waals surface area contributed by atoms with Crippen molar-refractivity contribution in [2.24, 2.45) is 5.92 Å². The maximum absolute atomic E-state index is 12.7. The number of nitrogens with one attached hydrogen (secondary N) is 1. The number of rotatable bonds is 5. The van der Waals surface area contributed by atoms with Gasteiger partial charge in [0.15, 0.2) is 0 Å². The lowest BCUT2D eigenvalue weighted by molar-refractivity contribution is -0.120. The maximum Gasteiger partial charge on any atom is 0.229 e. The van der Waals surface area contributed by atoms with Gasteiger partial charge in [-0.05, 0) is 49.2 Å². The van der Waals surface area contributed by atoms with Crippen molar-refractivity contribution in [1.29, 1.82) is 0 Å². The molecule has 29 heavy (non-hydrogen) atoms. The van der Waals surface area contributed by atoms with Crippen LogP contribution in [-0.2, 0) is 4.79 Å². The van der Waals surface area contributed by atoms with Crippen LogP contribution in [0.25, 0.3) is 11.3 Å². The summed E-state index contributed by atoms with van der Waals surface area (Å²) in [6.07, 6.45) is 3.42. The zero-order chi connectivity index (χ0) is 20.1. The minimum absolute atomic E-state index is 0.0605. The first kappa shape index (κ1) is 18.9. The summed E-state index contributed by atoms with van der Waals surface area (Å²) in [5, 5.41) is 3.02. The monoisotopic (exact) mass is 388 g/mol. The second-order valence-electron chi connectivity index (χ2n) is 7.13. The van der Waals surface area contributed by atoms with Gasteiger partial charge in [0, 0.05) is 30.4 Å². The van der Waals surface area contributed by atoms with Crippen LogP contribution in [-0.4, -0.2) is 36.1 Å². The number of methoxy groups -OCH3 is 1. The smallest absolute Gasteiger partial charge is 0.229 e. The molecule has 0 saturated carbocycles. The van der Waals surface area contributed by atoms with E-state index in [0.29, 0.717) is 6.54 Å². The Labute approximate surface area is 170 Å². The average Bonchev–Trinajstić information content (AvgIpc) is 2.80. The standard InChI is InChI=1S/C23H24N4O2/c1-29-20-11-9-17(10-12-20)21-14-22(25-16-24-21)27-13-5-6-18(15-27)23(28)26-19-7-3-2-4-8-19/h2-4,7-12,14,16,18H,5-6,13,15H2,1H3,(H,26,28). The summed E-state index contributed by atoms with van der Waals surface area (Å²) in [6, 6.07) is 19.4. The molecule has 6 heteroatoms. The molecule has 0 radical (unpaired) electrons. The third-order valence-corrected chi connectivity index (χ3v) is 5.20. The van der Waals surface area contributed by atoms with Crippen molar-refractivity contribution in [1.82, 2.24) is 9.97 Å². The molecule has 4 rings (SSSR count). The van der Waals surface area contributed by atoms with Crippen LogP contribution < -0.4 is 15.0 Å². The fourth-order valence-corrected chi connectivity index (χ4v) is 3.60. The van der Waals surface area contributed by atoms with E-state index in [1.807, 2.05) is 60.7 Å². The molecule has 6 nitrogen and oxygen atoms in total. The summed E-state index contributed by atoms with van der Waals surface area (Å²) in [5.74, 6) is 1.66. The highest BCUT2D eigenvalue weighted by Crippen LogP contribution is 2.26. The molecular formula is C23H24N4O2. The van der Waals surface area contributed by atoms with Gasteiger partial charge >= 0.3 is 0 Å². The van der Waals surface area contributed by atoms with Crippen LogP contribution in [0.5, 0.6) is 5.75 Å². The third-order valence-electron chi connectivity index (χ3n) is 5.20. The molecule has 1 aromatic heterocycles. The van der Waals surface area contributed by atoms with Crippen molar-refractivity contribution in [3.05, 3.63) is 67.0 Å². The largest absolute Gasteiger partial charge is 0.497 e. The Balaban J connectivity index is 1.47. The third kappa shape index (κ3) is 4.54. The van der Waals surface area contributed by atoms with E-state index in [9.17, 15) is 4.79 Å². The number of piperidine rings is 1. The quantitative estimate of drug-likeness (QED) is 0.715. The molecule has 2 aromatic carbocycles. The Morgan fingerprint density at radius 1 is 1.10 bits per heavy atom. The second kappa shape index (κ2) is 8.73. The van der Waals surface area contributed by atoms with Crippen LogP contribution in [0, 0.1) is 5.92 Å². The number of ether oxygens (including phenoxy) is 1. The molecule has 1 aliphatic heterocycles. The van der Waals surface area contributed by atoms with Gasteiger partial charge < -0.3 is 15.0 Å². The maximum atomic E-state index is 12.7. The topological polar surface area (TPSA) is 67.3 Å². The predicted octanol–water partition coefficient (Wildman–Crippen LogP) is 4.01. The Bertz CT molecular complexity index is 960. The van der Waals surface area contributed by atoms with Gasteiger partial charge in [0.25, 0.3) is 0 Å². The van der Waals surface area contributed by atoms with E-state index in [4.69, 9.17) is 4.74 Å². The van der Waals surface area contributed by atoms with Gasteiger partial charge in [0.05, 0.1) is 18.7 Å². The average molecular weight is 388 g/mol. The first-order valence-corrected chi connectivity index (χ1v) is 9.80. The van der Waals surface area contributed by atoms with Crippen LogP contribution in [0.2, 0.25) is 0 Å². The summed E-state index contributed by atoms with van der Waals surface area (Å²) >= 11 is 0. The summed E-state index contributed by atoms with van der Waals surface area (Å²) in [5.41, 5.74) is 2.69. The van der Waals surface area contributed by atoms with Gasteiger partial charge in [-0.1, -0.05) is 18.2 Å². The van der Waals surface area contributed by atoms with Crippen LogP contribution in [0.3, 0.4) is 0 Å². The molecule has 1 amide bonds. The number of hydrogen-bond acceptors (Lipinski definition) is 5. The van der Waals surface area contributed by atoms with Crippen molar-refractivity contribution in [3.63, 3.8) is 0 Å². The number of anilines is 2. The highest BCUT2D eigenvalue weighted by atomic mass is 16.5. The van der Waals surface area contributed by atoms with E-state index < -0.39 is 0 Å². The molecule has 1 saturated heterocycles. The van der Waals surface area contributed by atoms with Crippen molar-refractivity contribution < 1.29 is 9.53 Å². The van der Waals surface area contributed by atoms with Crippen LogP contribution >= 0.6 is 0 Å². The van der Waals surface area contributed by atoms with Crippen molar-refractivity contribution in [2.45, 2.75) is 12.8 Å². The van der Waals surface area contributed by atoms with E-state index in [1.165, 1.54) is 0 Å². The van der Waals surface area contributed by atoms with Crippen LogP contribution in [0.4, 0.5) is 11.5 Å². The highest BCUT2D eigenvalue weighted by molar-refractivity contribution is 5.93. The molecule has 1 fully saturated rings. The SMILES string of the molecule is COc1ccc(-c2cc(N3CCCC(C(=O)Nc4ccccc4)C3)ncn2)cc1. The van der Waals surface area contributed by atoms with Crippen LogP contribution in [0.1, 0.15) is 12.8 Å². The van der Waals surface area contributed by atoms with Gasteiger partial charge in [-0.15, -0.1) is 0 Å². The molecular weight excluding hydrogens is 364 g/mol. The lowest BCUT2D eigenvalue weighted by Gasteiger charge is -2.33. The summed E-state index contributed by atoms with van der Waals surface area (Å²) in [4.78, 5) is 23.8. The molecule has 1 unspecified atom stereocenters. The molecule has 1 N–H and O–H groups in total. The second-order valence-corrected chi connectivity index (χ2v) is 7.13. The number of nitrogens with zero attached hydrogens (tertiary/aromatic N) is 3. The van der Waals surface area contributed by atoms with E-state index in [-0.39, 0.29) is 11.8 Å². The molecule has 2 heterocycles. The minimum Gasteiger partial charge on any atom is -0.497 e. The van der Waals surface area contributed by atoms with Crippen molar-refractivity contribution in [3.8, 4) is 17.0 Å². The van der Waals surface area contributed by atoms with E-state index >= 15 is 0 Å². The minimum atomic E-state index is -0.0663. The number of benzene rings is 2. The number of amides is 1. The number of hydrogen-bond donors (Lipinski definition) is 1. The number of aromatic nitrogens is 2. The Hall–Kier alpha value is -3.41. The lowest BCUT2D eigenvalue weighted by atomic mass is 9.97. The summed E-state index contributed by atoms with van der Waals surface area (Å²) in [7, 11) is 1.65. The molecule has 1 aliphatic rings. The Morgan fingerprint density at radius 3 is 2.66 bits per heavy atom. The van der Waals surface area contributed by atoms with Gasteiger partial charge in [-0.3, -0.25) is 4.79 Å². The molecule has 1 atom stereocenters. The molecule has 148 valence electrons. The first-order valence-electron chi connectivity index (χ1n) is 9.80. The zero-order valence-corrected chi connectivity index (χ0v) is 16.4. The number of carbonyl (C=O) groups excluding carboxylic acids is 1. The van der Waals surface area contributed by atoms with Gasteiger partial charge in [-0.25, -0.2) is 9.97 Å². The van der Waals surface area contributed by atoms with Crippen LogP contribution in [0.15, 0.2) is 67.0 Å². The van der Waals surface area contributed by atoms with Gasteiger partial charge in [-0.2, -0.15) is 0 Å². The van der Waals surface area contributed by atoms with Gasteiger partial charge in [0.1, 0.15) is 17.9 Å². The highest BCUT2D eigenvalue weighted by Gasteiger charge is 2.26. The molecule has 0 aliphatic carbocycles. The summed E-state index contributed by atoms with van der Waals surface area (Å²) < 4.78 is 5.22. The molecule has 3 aromatic rings. The fourth-order valence-electron chi connectivity index (χ4n) is 3.60. The normalized spacial score (nSPS) is 16.3. The van der Waals surface area contributed by atoms with E-state index in [1.54, 1.807) is 13.4 Å². The first-order chi connectivity index (χ1) is 14.2. The Morgan fingerprint density at radius 2 is 1.90 bits per heavy atom. The van der Waals surface area contributed by atoms with Gasteiger partial charge in [0.2, 0.25) is 5.91 Å². The fraction of sp³-hybridized carbons (Fsp3) is 0.261. The van der Waals surface area contributed by atoms with Crippen molar-refractivity contribution in [2.75, 3.05) is 30.4 Å². The number of carbonyl (C=O) groups is 1. The number of para-hydroxylation sites is 1. The summed E-state index contributed by atoms with van der Waals surface area (Å²) in [6.45, 7) is 1.53. The molecule has 0 spiro atoms. The Kier molecular flexibility index (Phi) is 5.70. The predicted molar refractivity (Wildman–Crippen MR) is 114 cm³/mol. The van der Waals surface area contributed by atoms with E-state index in [2.05, 4.69) is 20.2 Å². The molecule has 0 bridgehead atoms. The lowest BCUT2D eigenvalue weighted by Crippen LogP contribution is -2.41. The van der Waals surface area contributed by atoms with E-state index in [0.717, 1.165) is 47.9 Å².